The molecule has 0 aliphatic rings. The molecule has 0 aliphatic heterocycles. The van der Waals surface area contributed by atoms with Crippen molar-refractivity contribution < 1.29 is 65.7 Å². The van der Waals surface area contributed by atoms with Crippen LogP contribution in [0.2, 0.25) is 0 Å². The number of hydrogen-bond donors (Lipinski definition) is 1. The van der Waals surface area contributed by atoms with E-state index in [0.717, 1.165) is 0 Å². The molecule has 0 aromatic carbocycles. The summed E-state index contributed by atoms with van der Waals surface area (Å²) in [7, 11) is -5.23. The van der Waals surface area contributed by atoms with E-state index in [4.69, 9.17) is 4.55 Å². The molecule has 0 aromatic rings. The molecule has 3 nitrogen and oxygen atoms in total. The molecule has 1 N–H and O–H groups in total. The van der Waals surface area contributed by atoms with Gasteiger partial charge in [0.05, 0.1) is 0 Å². The van der Waals surface area contributed by atoms with Crippen molar-refractivity contribution in [2.24, 2.45) is 0 Å². The summed E-state index contributed by atoms with van der Waals surface area (Å²) in [6.45, 7) is 0. The van der Waals surface area contributed by atoms with Crippen LogP contribution in [0.1, 0.15) is 0 Å². The second-order valence-corrected chi connectivity index (χ2v) is 7.10. The average molecular weight is 474 g/mol. The van der Waals surface area contributed by atoms with E-state index in [-0.39, 0.29) is 18.9 Å². The Bertz CT molecular complexity index is 572. The molecule has 0 amide bonds. The number of alkyl halides is 12. The van der Waals surface area contributed by atoms with Gasteiger partial charge in [0.1, 0.15) is 5.75 Å². The fraction of sp³-hybridized carbons (Fsp3) is 1.00. The third-order valence-electron chi connectivity index (χ3n) is 3.39. The molecule has 0 spiro atoms. The van der Waals surface area contributed by atoms with Gasteiger partial charge in [-0.15, -0.1) is 0 Å². The van der Waals surface area contributed by atoms with Crippen LogP contribution in [0.5, 0.6) is 0 Å². The summed E-state index contributed by atoms with van der Waals surface area (Å²) in [4.78, 5) is 0. The van der Waals surface area contributed by atoms with E-state index in [2.05, 4.69) is 0 Å². The molecule has 0 rings (SSSR count). The molecule has 0 radical (unpaired) electrons. The maximum atomic E-state index is 13.4. The molecule has 0 aromatic heterocycles. The molecule has 17 heteroatoms. The average Bonchev–Trinajstić information content (AvgIpc) is 2.60. The Hall–Kier alpha value is -0.333. The molecule has 0 fully saturated rings. The predicted molar refractivity (Wildman–Crippen MR) is 78.5 cm³/mol. The van der Waals surface area contributed by atoms with Gasteiger partial charge in [0.15, 0.2) is 61.7 Å². The van der Waals surface area contributed by atoms with Gasteiger partial charge in [-0.1, -0.05) is 0 Å². The van der Waals surface area contributed by atoms with Gasteiger partial charge < -0.3 is 0 Å². The third-order valence-corrected chi connectivity index (χ3v) is 4.13. The second kappa shape index (κ2) is 12.5. The first-order valence-corrected chi connectivity index (χ1v) is 8.77. The Labute approximate surface area is 169 Å². The molecule has 172 valence electrons. The van der Waals surface area contributed by atoms with Crippen molar-refractivity contribution in [1.29, 1.82) is 0 Å². The van der Waals surface area contributed by atoms with Crippen LogP contribution in [-0.4, -0.2) is 106 Å². The molecule has 10 unspecified atom stereocenters. The van der Waals surface area contributed by atoms with Gasteiger partial charge in [-0.3, -0.25) is 4.55 Å². The van der Waals surface area contributed by atoms with Crippen LogP contribution in [0.4, 0.5) is 52.7 Å². The maximum absolute atomic E-state index is 13.4. The fourth-order valence-electron chi connectivity index (χ4n) is 1.86. The number of rotatable bonds is 12. The minimum atomic E-state index is -5.23. The molecule has 10 atom stereocenters. The summed E-state index contributed by atoms with van der Waals surface area (Å²) in [5.41, 5.74) is 0. The topological polar surface area (TPSA) is 54.4 Å². The van der Waals surface area contributed by atoms with E-state index in [1.54, 1.807) is 0 Å². The normalized spacial score (nSPS) is 23.1. The van der Waals surface area contributed by atoms with Crippen molar-refractivity contribution in [1.82, 2.24) is 0 Å². The van der Waals surface area contributed by atoms with Gasteiger partial charge >= 0.3 is 18.9 Å². The summed E-state index contributed by atoms with van der Waals surface area (Å²) < 4.78 is 184. The van der Waals surface area contributed by atoms with Crippen LogP contribution < -0.4 is 0 Å². The quantitative estimate of drug-likeness (QED) is 0.269. The summed E-state index contributed by atoms with van der Waals surface area (Å²) in [5, 5.41) is 0. The summed E-state index contributed by atoms with van der Waals surface area (Å²) >= 11 is 0. The molecule has 0 bridgehead atoms. The summed E-state index contributed by atoms with van der Waals surface area (Å²) in [6.07, 6.45) is -44.1. The van der Waals surface area contributed by atoms with Crippen LogP contribution >= 0.6 is 0 Å². The Balaban J connectivity index is 0. The first-order chi connectivity index (χ1) is 12.5. The van der Waals surface area contributed by atoms with Crippen molar-refractivity contribution in [3.8, 4) is 0 Å². The zero-order chi connectivity index (χ0) is 22.6. The standard InChI is InChI=1S/C12H14F12O3S.Li.H/c13-2(1-28(25,26)27)3(14)4(15)5(16)6(17)7(18)8(19)9(20)10(21)11(22)12(23)24;;/h2-12H,1H2,(H,25,26,27);;. The summed E-state index contributed by atoms with van der Waals surface area (Å²) in [5.74, 6) is -2.11. The Morgan fingerprint density at radius 2 is 0.759 bits per heavy atom. The van der Waals surface area contributed by atoms with Gasteiger partial charge in [0.25, 0.3) is 16.5 Å². The van der Waals surface area contributed by atoms with E-state index >= 15 is 0 Å². The van der Waals surface area contributed by atoms with Gasteiger partial charge in [-0.2, -0.15) is 8.42 Å². The molecular formula is C12H15F12LiO3S. The van der Waals surface area contributed by atoms with Crippen molar-refractivity contribution in [2.75, 3.05) is 5.75 Å². The zero-order valence-electron chi connectivity index (χ0n) is 13.3. The van der Waals surface area contributed by atoms with Crippen molar-refractivity contribution >= 4 is 29.0 Å². The first-order valence-electron chi connectivity index (χ1n) is 7.16. The number of hydrogen-bond acceptors (Lipinski definition) is 2. The van der Waals surface area contributed by atoms with Crippen LogP contribution in [0, 0.1) is 0 Å². The molecule has 0 aliphatic carbocycles. The van der Waals surface area contributed by atoms with Gasteiger partial charge in [0, 0.05) is 0 Å². The zero-order valence-corrected chi connectivity index (χ0v) is 14.1. The number of halogens is 12. The predicted octanol–water partition coefficient (Wildman–Crippen LogP) is 2.87. The molecule has 0 saturated carbocycles. The van der Waals surface area contributed by atoms with Crippen LogP contribution in [0.3, 0.4) is 0 Å². The third kappa shape index (κ3) is 9.14. The van der Waals surface area contributed by atoms with Gasteiger partial charge in [0.2, 0.25) is 0 Å². The van der Waals surface area contributed by atoms with E-state index in [1.807, 2.05) is 0 Å². The molecule has 29 heavy (non-hydrogen) atoms. The van der Waals surface area contributed by atoms with Gasteiger partial charge in [-0.25, -0.2) is 52.7 Å². The van der Waals surface area contributed by atoms with E-state index in [0.29, 0.717) is 0 Å². The van der Waals surface area contributed by atoms with Crippen LogP contribution in [0.15, 0.2) is 0 Å². The molecule has 0 heterocycles. The van der Waals surface area contributed by atoms with Crippen molar-refractivity contribution in [3.63, 3.8) is 0 Å². The minimum absolute atomic E-state index is 0. The molecule has 0 saturated heterocycles. The van der Waals surface area contributed by atoms with E-state index < -0.39 is 84.0 Å². The van der Waals surface area contributed by atoms with Gasteiger partial charge in [-0.05, 0) is 0 Å². The van der Waals surface area contributed by atoms with Crippen LogP contribution in [-0.2, 0) is 10.1 Å². The summed E-state index contributed by atoms with van der Waals surface area (Å²) in [6, 6.07) is 0. The first kappa shape index (κ1) is 30.9. The van der Waals surface area contributed by atoms with Crippen molar-refractivity contribution in [2.45, 2.75) is 68.1 Å². The Morgan fingerprint density at radius 1 is 0.517 bits per heavy atom. The Morgan fingerprint density at radius 3 is 1.00 bits per heavy atom. The fourth-order valence-corrected chi connectivity index (χ4v) is 2.45. The molecular weight excluding hydrogens is 459 g/mol. The monoisotopic (exact) mass is 474 g/mol. The van der Waals surface area contributed by atoms with E-state index in [9.17, 15) is 61.1 Å². The van der Waals surface area contributed by atoms with E-state index in [1.165, 1.54) is 0 Å². The van der Waals surface area contributed by atoms with Crippen molar-refractivity contribution in [3.05, 3.63) is 0 Å². The Kier molecular flexibility index (Phi) is 13.3. The second-order valence-electron chi connectivity index (χ2n) is 5.60. The SMILES string of the molecule is O=S(=O)(O)CC(F)C(F)C(F)C(F)C(F)C(F)C(F)C(F)C(F)C(F)C(F)F.[LiH]. The van der Waals surface area contributed by atoms with Crippen LogP contribution in [0.25, 0.3) is 0 Å².